The van der Waals surface area contributed by atoms with Gasteiger partial charge in [0.05, 0.1) is 11.9 Å². The fourth-order valence-electron chi connectivity index (χ4n) is 1.99. The molecule has 2 aromatic heterocycles. The summed E-state index contributed by atoms with van der Waals surface area (Å²) in [5.41, 5.74) is 1.59. The maximum atomic E-state index is 12.3. The predicted molar refractivity (Wildman–Crippen MR) is 92.3 cm³/mol. The van der Waals surface area contributed by atoms with Crippen LogP contribution in [-0.4, -0.2) is 10.9 Å². The van der Waals surface area contributed by atoms with Crippen molar-refractivity contribution in [3.05, 3.63) is 75.7 Å². The average molecular weight is 345 g/mol. The molecule has 0 atom stereocenters. The maximum absolute atomic E-state index is 12.3. The van der Waals surface area contributed by atoms with Crippen LogP contribution in [0.3, 0.4) is 0 Å². The zero-order valence-electron chi connectivity index (χ0n) is 12.0. The number of anilines is 1. The average Bonchev–Trinajstić information content (AvgIpc) is 3.03. The summed E-state index contributed by atoms with van der Waals surface area (Å²) in [6.45, 7) is 0.352. The Hall–Kier alpha value is -2.37. The molecule has 6 heteroatoms. The number of rotatable bonds is 5. The minimum atomic E-state index is -0.214. The SMILES string of the molecule is O=C(Nc1cccnc1)c1sccc1OCc1cccc(Cl)c1. The Labute approximate surface area is 142 Å². The first-order chi connectivity index (χ1) is 11.2. The van der Waals surface area contributed by atoms with Gasteiger partial charge in [0, 0.05) is 11.2 Å². The Morgan fingerprint density at radius 3 is 2.96 bits per heavy atom. The molecule has 3 rings (SSSR count). The van der Waals surface area contributed by atoms with Crippen molar-refractivity contribution in [2.45, 2.75) is 6.61 Å². The molecule has 0 aliphatic carbocycles. The van der Waals surface area contributed by atoms with Gasteiger partial charge >= 0.3 is 0 Å². The van der Waals surface area contributed by atoms with Crippen LogP contribution >= 0.6 is 22.9 Å². The van der Waals surface area contributed by atoms with Crippen molar-refractivity contribution in [2.75, 3.05) is 5.32 Å². The van der Waals surface area contributed by atoms with E-state index in [9.17, 15) is 4.79 Å². The number of thiophene rings is 1. The third kappa shape index (κ3) is 4.09. The Kier molecular flexibility index (Phi) is 4.90. The first-order valence-corrected chi connectivity index (χ1v) is 8.14. The van der Waals surface area contributed by atoms with Gasteiger partial charge in [-0.2, -0.15) is 0 Å². The van der Waals surface area contributed by atoms with Gasteiger partial charge in [0.15, 0.2) is 0 Å². The highest BCUT2D eigenvalue weighted by molar-refractivity contribution is 7.12. The largest absolute Gasteiger partial charge is 0.487 e. The van der Waals surface area contributed by atoms with Crippen LogP contribution in [0.2, 0.25) is 5.02 Å². The summed E-state index contributed by atoms with van der Waals surface area (Å²) in [4.78, 5) is 16.8. The first kappa shape index (κ1) is 15.5. The third-order valence-corrected chi connectivity index (χ3v) is 4.17. The fraction of sp³-hybridized carbons (Fsp3) is 0.0588. The summed E-state index contributed by atoms with van der Waals surface area (Å²) < 4.78 is 5.75. The molecule has 1 aromatic carbocycles. The van der Waals surface area contributed by atoms with E-state index in [0.29, 0.717) is 27.9 Å². The molecule has 0 spiro atoms. The van der Waals surface area contributed by atoms with Crippen LogP contribution in [-0.2, 0) is 6.61 Å². The summed E-state index contributed by atoms with van der Waals surface area (Å²) in [7, 11) is 0. The molecule has 0 fully saturated rings. The van der Waals surface area contributed by atoms with E-state index in [1.54, 1.807) is 30.6 Å². The molecule has 0 unspecified atom stereocenters. The van der Waals surface area contributed by atoms with Gasteiger partial charge in [-0.15, -0.1) is 11.3 Å². The van der Waals surface area contributed by atoms with Gasteiger partial charge in [-0.3, -0.25) is 9.78 Å². The number of carbonyl (C=O) groups excluding carboxylic acids is 1. The molecule has 1 amide bonds. The molecule has 0 radical (unpaired) electrons. The van der Waals surface area contributed by atoms with Crippen molar-refractivity contribution in [2.24, 2.45) is 0 Å². The van der Waals surface area contributed by atoms with Crippen molar-refractivity contribution in [1.29, 1.82) is 0 Å². The van der Waals surface area contributed by atoms with Crippen molar-refractivity contribution in [3.8, 4) is 5.75 Å². The van der Waals surface area contributed by atoms with E-state index in [0.717, 1.165) is 5.56 Å². The van der Waals surface area contributed by atoms with Gasteiger partial charge in [0.25, 0.3) is 5.91 Å². The van der Waals surface area contributed by atoms with Crippen molar-refractivity contribution < 1.29 is 9.53 Å². The molecule has 0 saturated carbocycles. The quantitative estimate of drug-likeness (QED) is 0.734. The monoisotopic (exact) mass is 344 g/mol. The fourth-order valence-corrected chi connectivity index (χ4v) is 2.93. The molecule has 3 aromatic rings. The van der Waals surface area contributed by atoms with E-state index < -0.39 is 0 Å². The van der Waals surface area contributed by atoms with Crippen LogP contribution in [0, 0.1) is 0 Å². The molecular weight excluding hydrogens is 332 g/mol. The number of ether oxygens (including phenoxy) is 1. The van der Waals surface area contributed by atoms with Crippen LogP contribution < -0.4 is 10.1 Å². The highest BCUT2D eigenvalue weighted by Crippen LogP contribution is 2.27. The smallest absolute Gasteiger partial charge is 0.269 e. The summed E-state index contributed by atoms with van der Waals surface area (Å²) in [5.74, 6) is 0.338. The van der Waals surface area contributed by atoms with E-state index in [-0.39, 0.29) is 5.91 Å². The standard InChI is InChI=1S/C17H13ClN2O2S/c18-13-4-1-3-12(9-13)11-22-15-6-8-23-16(15)17(21)20-14-5-2-7-19-10-14/h1-10H,11H2,(H,20,21). The highest BCUT2D eigenvalue weighted by atomic mass is 35.5. The van der Waals surface area contributed by atoms with Crippen molar-refractivity contribution in [1.82, 2.24) is 4.98 Å². The van der Waals surface area contributed by atoms with Gasteiger partial charge < -0.3 is 10.1 Å². The molecular formula is C17H13ClN2O2S. The maximum Gasteiger partial charge on any atom is 0.269 e. The number of halogens is 1. The Balaban J connectivity index is 1.68. The second-order valence-corrected chi connectivity index (χ2v) is 6.08. The van der Waals surface area contributed by atoms with Gasteiger partial charge in [-0.1, -0.05) is 23.7 Å². The third-order valence-electron chi connectivity index (χ3n) is 3.04. The van der Waals surface area contributed by atoms with E-state index >= 15 is 0 Å². The van der Waals surface area contributed by atoms with E-state index in [1.807, 2.05) is 29.6 Å². The number of aromatic nitrogens is 1. The molecule has 0 aliphatic rings. The summed E-state index contributed by atoms with van der Waals surface area (Å²) in [6, 6.07) is 12.8. The molecule has 23 heavy (non-hydrogen) atoms. The van der Waals surface area contributed by atoms with Crippen molar-refractivity contribution in [3.63, 3.8) is 0 Å². The molecule has 4 nitrogen and oxygen atoms in total. The molecule has 2 heterocycles. The second-order valence-electron chi connectivity index (χ2n) is 4.73. The minimum Gasteiger partial charge on any atom is -0.487 e. The lowest BCUT2D eigenvalue weighted by molar-refractivity contribution is 0.102. The number of carbonyl (C=O) groups is 1. The Morgan fingerprint density at radius 2 is 2.17 bits per heavy atom. The Bertz CT molecular complexity index is 805. The number of nitrogens with zero attached hydrogens (tertiary/aromatic N) is 1. The number of pyridine rings is 1. The predicted octanol–water partition coefficient (Wildman–Crippen LogP) is 4.63. The highest BCUT2D eigenvalue weighted by Gasteiger charge is 2.15. The molecule has 0 aliphatic heterocycles. The van der Waals surface area contributed by atoms with Crippen LogP contribution in [0.5, 0.6) is 5.75 Å². The zero-order valence-corrected chi connectivity index (χ0v) is 13.6. The van der Waals surface area contributed by atoms with Gasteiger partial charge in [-0.05, 0) is 41.3 Å². The molecule has 1 N–H and O–H groups in total. The van der Waals surface area contributed by atoms with Crippen LogP contribution in [0.4, 0.5) is 5.69 Å². The second kappa shape index (κ2) is 7.26. The number of hydrogen-bond acceptors (Lipinski definition) is 4. The van der Waals surface area contributed by atoms with E-state index in [2.05, 4.69) is 10.3 Å². The zero-order chi connectivity index (χ0) is 16.1. The lowest BCUT2D eigenvalue weighted by Gasteiger charge is -2.08. The van der Waals surface area contributed by atoms with Gasteiger partial charge in [-0.25, -0.2) is 0 Å². The van der Waals surface area contributed by atoms with Gasteiger partial charge in [0.2, 0.25) is 0 Å². The number of hydrogen-bond donors (Lipinski definition) is 1. The summed E-state index contributed by atoms with van der Waals surface area (Å²) in [6.07, 6.45) is 3.25. The molecule has 0 saturated heterocycles. The van der Waals surface area contributed by atoms with Crippen LogP contribution in [0.1, 0.15) is 15.2 Å². The van der Waals surface area contributed by atoms with Crippen molar-refractivity contribution >= 4 is 34.5 Å². The van der Waals surface area contributed by atoms with Crippen LogP contribution in [0.15, 0.2) is 60.2 Å². The molecule has 116 valence electrons. The molecule has 0 bridgehead atoms. The number of amides is 1. The van der Waals surface area contributed by atoms with Gasteiger partial charge in [0.1, 0.15) is 17.2 Å². The number of benzene rings is 1. The topological polar surface area (TPSA) is 51.2 Å². The number of nitrogens with one attached hydrogen (secondary N) is 1. The van der Waals surface area contributed by atoms with Crippen LogP contribution in [0.25, 0.3) is 0 Å². The summed E-state index contributed by atoms with van der Waals surface area (Å²) >= 11 is 7.29. The lowest BCUT2D eigenvalue weighted by atomic mass is 10.2. The lowest BCUT2D eigenvalue weighted by Crippen LogP contribution is -2.11. The van der Waals surface area contributed by atoms with E-state index in [1.165, 1.54) is 11.3 Å². The summed E-state index contributed by atoms with van der Waals surface area (Å²) in [5, 5.41) is 5.28. The normalized spacial score (nSPS) is 10.3. The van der Waals surface area contributed by atoms with E-state index in [4.69, 9.17) is 16.3 Å². The Morgan fingerprint density at radius 1 is 1.26 bits per heavy atom. The minimum absolute atomic E-state index is 0.214. The first-order valence-electron chi connectivity index (χ1n) is 6.88.